The summed E-state index contributed by atoms with van der Waals surface area (Å²) in [4.78, 5) is 24.0. The third-order valence-corrected chi connectivity index (χ3v) is 4.69. The van der Waals surface area contributed by atoms with Gasteiger partial charge in [-0.1, -0.05) is 12.8 Å². The van der Waals surface area contributed by atoms with Crippen molar-refractivity contribution in [2.45, 2.75) is 38.6 Å². The molecule has 3 N–H and O–H groups in total. The van der Waals surface area contributed by atoms with Crippen molar-refractivity contribution in [2.75, 3.05) is 6.54 Å². The van der Waals surface area contributed by atoms with E-state index in [1.807, 2.05) is 0 Å². The van der Waals surface area contributed by atoms with Gasteiger partial charge in [-0.3, -0.25) is 9.59 Å². The number of hydrogen-bond donors (Lipinski definition) is 2. The van der Waals surface area contributed by atoms with E-state index < -0.39 is 0 Å². The Labute approximate surface area is 129 Å². The Bertz CT molecular complexity index is 475. The molecule has 0 aliphatic heterocycles. The Morgan fingerprint density at radius 3 is 2.70 bits per heavy atom. The molecule has 0 radical (unpaired) electrons. The molecule has 6 heteroatoms. The normalized spacial score (nSPS) is 21.9. The van der Waals surface area contributed by atoms with Gasteiger partial charge in [0.1, 0.15) is 0 Å². The van der Waals surface area contributed by atoms with Crippen LogP contribution >= 0.6 is 23.7 Å². The van der Waals surface area contributed by atoms with Gasteiger partial charge in [0, 0.05) is 17.0 Å². The molecule has 1 aromatic rings. The van der Waals surface area contributed by atoms with Gasteiger partial charge in [-0.15, -0.1) is 23.7 Å². The van der Waals surface area contributed by atoms with Gasteiger partial charge in [-0.2, -0.15) is 0 Å². The first kappa shape index (κ1) is 17.1. The number of Topliss-reactive ketones (excluding diaryl/α,β-unsaturated/α-hetero) is 1. The van der Waals surface area contributed by atoms with Gasteiger partial charge in [0.25, 0.3) is 5.91 Å². The molecule has 1 aliphatic carbocycles. The molecule has 0 bridgehead atoms. The van der Waals surface area contributed by atoms with Crippen LogP contribution in [0.25, 0.3) is 0 Å². The standard InChI is InChI=1S/C14H20N2O2S.ClH/c1-9(17)11-6-13(19-8-11)14(18)16-12-5-3-2-4-10(12)7-15;/h6,8,10,12H,2-5,7,15H2,1H3,(H,16,18);1H. The van der Waals surface area contributed by atoms with Gasteiger partial charge >= 0.3 is 0 Å². The maximum absolute atomic E-state index is 12.2. The Balaban J connectivity index is 0.00000200. The summed E-state index contributed by atoms with van der Waals surface area (Å²) in [6.07, 6.45) is 4.43. The van der Waals surface area contributed by atoms with Crippen molar-refractivity contribution in [1.29, 1.82) is 0 Å². The number of carbonyl (C=O) groups excluding carboxylic acids is 2. The lowest BCUT2D eigenvalue weighted by atomic mass is 9.84. The average molecular weight is 317 g/mol. The summed E-state index contributed by atoms with van der Waals surface area (Å²) in [6.45, 7) is 2.13. The van der Waals surface area contributed by atoms with Gasteiger partial charge in [-0.05, 0) is 38.3 Å². The van der Waals surface area contributed by atoms with Gasteiger partial charge in [0.05, 0.1) is 4.88 Å². The second kappa shape index (κ2) is 7.76. The molecule has 20 heavy (non-hydrogen) atoms. The van der Waals surface area contributed by atoms with Crippen molar-refractivity contribution in [3.8, 4) is 0 Å². The SMILES string of the molecule is CC(=O)c1csc(C(=O)NC2CCCCC2CN)c1.Cl. The monoisotopic (exact) mass is 316 g/mol. The van der Waals surface area contributed by atoms with Crippen molar-refractivity contribution in [1.82, 2.24) is 5.32 Å². The van der Waals surface area contributed by atoms with Crippen LogP contribution in [-0.4, -0.2) is 24.3 Å². The fraction of sp³-hybridized carbons (Fsp3) is 0.571. The third-order valence-electron chi connectivity index (χ3n) is 3.76. The topological polar surface area (TPSA) is 72.2 Å². The molecular formula is C14H21ClN2O2S. The zero-order valence-electron chi connectivity index (χ0n) is 11.6. The summed E-state index contributed by atoms with van der Waals surface area (Å²) < 4.78 is 0. The number of hydrogen-bond acceptors (Lipinski definition) is 4. The number of nitrogens with two attached hydrogens (primary N) is 1. The molecule has 2 rings (SSSR count). The maximum atomic E-state index is 12.2. The summed E-state index contributed by atoms with van der Waals surface area (Å²) >= 11 is 1.32. The number of rotatable bonds is 4. The number of nitrogens with one attached hydrogen (secondary N) is 1. The van der Waals surface area contributed by atoms with E-state index in [-0.39, 0.29) is 30.1 Å². The number of thiophene rings is 1. The van der Waals surface area contributed by atoms with Gasteiger partial charge in [0.2, 0.25) is 0 Å². The second-order valence-corrected chi connectivity index (χ2v) is 6.03. The van der Waals surface area contributed by atoms with Crippen LogP contribution < -0.4 is 11.1 Å². The van der Waals surface area contributed by atoms with Crippen molar-refractivity contribution in [3.63, 3.8) is 0 Å². The quantitative estimate of drug-likeness (QED) is 0.839. The number of ketones is 1. The molecule has 2 atom stereocenters. The molecule has 4 nitrogen and oxygen atoms in total. The molecule has 1 saturated carbocycles. The highest BCUT2D eigenvalue weighted by Gasteiger charge is 2.26. The lowest BCUT2D eigenvalue weighted by Crippen LogP contribution is -2.44. The molecule has 1 heterocycles. The summed E-state index contributed by atoms with van der Waals surface area (Å²) in [7, 11) is 0. The number of carbonyl (C=O) groups is 2. The van der Waals surface area contributed by atoms with Crippen LogP contribution in [0.2, 0.25) is 0 Å². The highest BCUT2D eigenvalue weighted by Crippen LogP contribution is 2.24. The Kier molecular flexibility index (Phi) is 6.65. The Morgan fingerprint density at radius 2 is 2.10 bits per heavy atom. The van der Waals surface area contributed by atoms with E-state index >= 15 is 0 Å². The van der Waals surface area contributed by atoms with Crippen molar-refractivity contribution < 1.29 is 9.59 Å². The van der Waals surface area contributed by atoms with E-state index in [1.165, 1.54) is 24.7 Å². The zero-order chi connectivity index (χ0) is 13.8. The average Bonchev–Trinajstić information content (AvgIpc) is 2.89. The molecule has 1 aromatic heterocycles. The molecule has 2 unspecified atom stereocenters. The Morgan fingerprint density at radius 1 is 1.40 bits per heavy atom. The van der Waals surface area contributed by atoms with E-state index in [9.17, 15) is 9.59 Å². The van der Waals surface area contributed by atoms with Gasteiger partial charge < -0.3 is 11.1 Å². The fourth-order valence-electron chi connectivity index (χ4n) is 2.56. The minimum absolute atomic E-state index is 0. The molecular weight excluding hydrogens is 296 g/mol. The first-order valence-corrected chi connectivity index (χ1v) is 7.60. The molecule has 1 aliphatic rings. The van der Waals surface area contributed by atoms with Crippen molar-refractivity contribution >= 4 is 35.4 Å². The molecule has 1 amide bonds. The minimum Gasteiger partial charge on any atom is -0.348 e. The van der Waals surface area contributed by atoms with Crippen LogP contribution in [0.5, 0.6) is 0 Å². The molecule has 0 saturated heterocycles. The lowest BCUT2D eigenvalue weighted by molar-refractivity contribution is 0.0912. The molecule has 112 valence electrons. The maximum Gasteiger partial charge on any atom is 0.261 e. The van der Waals surface area contributed by atoms with Gasteiger partial charge in [-0.25, -0.2) is 0 Å². The summed E-state index contributed by atoms with van der Waals surface area (Å²) in [5, 5.41) is 4.80. The summed E-state index contributed by atoms with van der Waals surface area (Å²) in [5.41, 5.74) is 6.36. The van der Waals surface area contributed by atoms with Gasteiger partial charge in [0.15, 0.2) is 5.78 Å². The van der Waals surface area contributed by atoms with E-state index in [0.29, 0.717) is 22.9 Å². The van der Waals surface area contributed by atoms with Crippen LogP contribution in [0.3, 0.4) is 0 Å². The minimum atomic E-state index is -0.0807. The highest BCUT2D eigenvalue weighted by molar-refractivity contribution is 7.12. The summed E-state index contributed by atoms with van der Waals surface area (Å²) in [6, 6.07) is 1.84. The predicted molar refractivity (Wildman–Crippen MR) is 83.8 cm³/mol. The smallest absolute Gasteiger partial charge is 0.261 e. The van der Waals surface area contributed by atoms with E-state index in [2.05, 4.69) is 5.32 Å². The Hall–Kier alpha value is -0.910. The third kappa shape index (κ3) is 4.04. The lowest BCUT2D eigenvalue weighted by Gasteiger charge is -2.31. The second-order valence-electron chi connectivity index (χ2n) is 5.12. The van der Waals surface area contributed by atoms with E-state index in [1.54, 1.807) is 11.4 Å². The van der Waals surface area contributed by atoms with Crippen LogP contribution in [-0.2, 0) is 0 Å². The van der Waals surface area contributed by atoms with E-state index in [0.717, 1.165) is 19.3 Å². The first-order valence-electron chi connectivity index (χ1n) is 6.72. The van der Waals surface area contributed by atoms with Crippen LogP contribution in [0.15, 0.2) is 11.4 Å². The predicted octanol–water partition coefficient (Wildman–Crippen LogP) is 2.62. The summed E-state index contributed by atoms with van der Waals surface area (Å²) in [5.74, 6) is 0.292. The van der Waals surface area contributed by atoms with Crippen molar-refractivity contribution in [2.24, 2.45) is 11.7 Å². The molecule has 1 fully saturated rings. The van der Waals surface area contributed by atoms with Crippen LogP contribution in [0.4, 0.5) is 0 Å². The number of halogens is 1. The van der Waals surface area contributed by atoms with E-state index in [4.69, 9.17) is 5.73 Å². The largest absolute Gasteiger partial charge is 0.348 e. The van der Waals surface area contributed by atoms with Crippen LogP contribution in [0.1, 0.15) is 52.6 Å². The zero-order valence-corrected chi connectivity index (χ0v) is 13.2. The number of amides is 1. The van der Waals surface area contributed by atoms with Crippen LogP contribution in [0, 0.1) is 5.92 Å². The fourth-order valence-corrected chi connectivity index (χ4v) is 3.41. The van der Waals surface area contributed by atoms with Crippen molar-refractivity contribution in [3.05, 3.63) is 21.9 Å². The molecule has 0 spiro atoms. The first-order chi connectivity index (χ1) is 9.11. The molecule has 0 aromatic carbocycles. The highest BCUT2D eigenvalue weighted by atomic mass is 35.5.